The van der Waals surface area contributed by atoms with E-state index in [4.69, 9.17) is 16.3 Å². The van der Waals surface area contributed by atoms with E-state index in [1.54, 1.807) is 20.8 Å². The van der Waals surface area contributed by atoms with Gasteiger partial charge in [-0.3, -0.25) is 9.59 Å². The number of hydrogen-bond donors (Lipinski definition) is 1. The minimum atomic E-state index is -0.571. The van der Waals surface area contributed by atoms with Gasteiger partial charge in [0.1, 0.15) is 11.4 Å². The van der Waals surface area contributed by atoms with Crippen molar-refractivity contribution in [1.82, 2.24) is 0 Å². The Kier molecular flexibility index (Phi) is 5.51. The minimum absolute atomic E-state index is 0.0100. The van der Waals surface area contributed by atoms with Crippen LogP contribution in [0.2, 0.25) is 5.02 Å². The average molecular weight is 302 g/mol. The number of esters is 1. The molecule has 0 saturated heterocycles. The third-order valence-corrected chi connectivity index (χ3v) is 2.47. The zero-order valence-electron chi connectivity index (χ0n) is 11.6. The van der Waals surface area contributed by atoms with Crippen LogP contribution < -0.4 is 5.32 Å². The van der Waals surface area contributed by atoms with Crippen LogP contribution in [0.25, 0.3) is 0 Å². The number of carbonyl (C=O) groups is 2. The van der Waals surface area contributed by atoms with Gasteiger partial charge in [0.05, 0.1) is 11.4 Å². The summed E-state index contributed by atoms with van der Waals surface area (Å²) in [5.41, 5.74) is -0.191. The lowest BCUT2D eigenvalue weighted by atomic mass is 10.2. The Morgan fingerprint density at radius 1 is 1.30 bits per heavy atom. The number of anilines is 1. The molecule has 1 aromatic carbocycles. The fourth-order valence-corrected chi connectivity index (χ4v) is 1.59. The lowest BCUT2D eigenvalue weighted by Crippen LogP contribution is -2.24. The largest absolute Gasteiger partial charge is 0.460 e. The van der Waals surface area contributed by atoms with Crippen molar-refractivity contribution in [1.29, 1.82) is 0 Å². The Labute approximate surface area is 122 Å². The molecule has 0 heterocycles. The highest BCUT2D eigenvalue weighted by Crippen LogP contribution is 2.19. The number of halogens is 2. The molecular formula is C14H17ClFNO3. The summed E-state index contributed by atoms with van der Waals surface area (Å²) in [5.74, 6) is -1.36. The normalized spacial score (nSPS) is 11.1. The zero-order chi connectivity index (χ0) is 15.3. The molecule has 0 saturated carbocycles. The van der Waals surface area contributed by atoms with Crippen LogP contribution in [0, 0.1) is 5.82 Å². The van der Waals surface area contributed by atoms with E-state index in [0.717, 1.165) is 6.07 Å². The topological polar surface area (TPSA) is 55.4 Å². The molecule has 0 aliphatic heterocycles. The highest BCUT2D eigenvalue weighted by molar-refractivity contribution is 6.31. The lowest BCUT2D eigenvalue weighted by Gasteiger charge is -2.19. The third-order valence-electron chi connectivity index (χ3n) is 2.18. The molecule has 110 valence electrons. The Hall–Kier alpha value is -1.62. The van der Waals surface area contributed by atoms with Gasteiger partial charge >= 0.3 is 5.97 Å². The van der Waals surface area contributed by atoms with Crippen LogP contribution in [0.3, 0.4) is 0 Å². The lowest BCUT2D eigenvalue weighted by molar-refractivity contribution is -0.155. The first-order valence-electron chi connectivity index (χ1n) is 6.14. The van der Waals surface area contributed by atoms with Crippen LogP contribution in [0.4, 0.5) is 10.1 Å². The summed E-state index contributed by atoms with van der Waals surface area (Å²) in [6.07, 6.45) is -0.0259. The van der Waals surface area contributed by atoms with Crippen LogP contribution in [0.1, 0.15) is 33.6 Å². The van der Waals surface area contributed by atoms with E-state index in [1.807, 2.05) is 0 Å². The Bertz CT molecular complexity index is 512. The number of carbonyl (C=O) groups excluding carboxylic acids is 2. The summed E-state index contributed by atoms with van der Waals surface area (Å²) in [4.78, 5) is 23.1. The first kappa shape index (κ1) is 16.4. The van der Waals surface area contributed by atoms with Crippen LogP contribution in [-0.4, -0.2) is 17.5 Å². The number of nitrogens with one attached hydrogen (secondary N) is 1. The zero-order valence-corrected chi connectivity index (χ0v) is 12.4. The van der Waals surface area contributed by atoms with Gasteiger partial charge in [0.25, 0.3) is 0 Å². The van der Waals surface area contributed by atoms with Crippen LogP contribution in [0.15, 0.2) is 18.2 Å². The van der Waals surface area contributed by atoms with Crippen molar-refractivity contribution in [2.24, 2.45) is 0 Å². The summed E-state index contributed by atoms with van der Waals surface area (Å²) in [6.45, 7) is 5.27. The molecule has 0 aromatic heterocycles. The van der Waals surface area contributed by atoms with Crippen molar-refractivity contribution in [3.63, 3.8) is 0 Å². The SMILES string of the molecule is CC(C)(C)OC(=O)CCC(=O)Nc1ccc(F)c(Cl)c1. The van der Waals surface area contributed by atoms with Gasteiger partial charge < -0.3 is 10.1 Å². The van der Waals surface area contributed by atoms with E-state index in [-0.39, 0.29) is 23.8 Å². The molecule has 1 aromatic rings. The highest BCUT2D eigenvalue weighted by atomic mass is 35.5. The van der Waals surface area contributed by atoms with Gasteiger partial charge in [0, 0.05) is 12.1 Å². The van der Waals surface area contributed by atoms with Crippen molar-refractivity contribution in [2.45, 2.75) is 39.2 Å². The van der Waals surface area contributed by atoms with Crippen molar-refractivity contribution in [3.8, 4) is 0 Å². The van der Waals surface area contributed by atoms with E-state index in [0.29, 0.717) is 5.69 Å². The van der Waals surface area contributed by atoms with E-state index in [9.17, 15) is 14.0 Å². The summed E-state index contributed by atoms with van der Waals surface area (Å²) >= 11 is 5.60. The molecule has 0 radical (unpaired) electrons. The second-order valence-corrected chi connectivity index (χ2v) is 5.67. The standard InChI is InChI=1S/C14H17ClFNO3/c1-14(2,3)20-13(19)7-6-12(18)17-9-4-5-11(16)10(15)8-9/h4-5,8H,6-7H2,1-3H3,(H,17,18). The Morgan fingerprint density at radius 2 is 1.95 bits per heavy atom. The predicted octanol–water partition coefficient (Wildman–Crippen LogP) is 3.54. The summed E-state index contributed by atoms with van der Waals surface area (Å²) < 4.78 is 18.0. The number of benzene rings is 1. The summed E-state index contributed by atoms with van der Waals surface area (Å²) in [6, 6.07) is 3.86. The molecule has 0 fully saturated rings. The summed E-state index contributed by atoms with van der Waals surface area (Å²) in [5, 5.41) is 2.46. The highest BCUT2D eigenvalue weighted by Gasteiger charge is 2.17. The fraction of sp³-hybridized carbons (Fsp3) is 0.429. The van der Waals surface area contributed by atoms with E-state index in [1.165, 1.54) is 12.1 Å². The van der Waals surface area contributed by atoms with Gasteiger partial charge in [-0.05, 0) is 39.0 Å². The Balaban J connectivity index is 2.44. The van der Waals surface area contributed by atoms with E-state index in [2.05, 4.69) is 5.32 Å². The van der Waals surface area contributed by atoms with Gasteiger partial charge in [-0.1, -0.05) is 11.6 Å². The summed E-state index contributed by atoms with van der Waals surface area (Å²) in [7, 11) is 0. The van der Waals surface area contributed by atoms with Crippen molar-refractivity contribution >= 4 is 29.2 Å². The van der Waals surface area contributed by atoms with E-state index < -0.39 is 17.4 Å². The maximum atomic E-state index is 12.9. The molecule has 0 bridgehead atoms. The molecular weight excluding hydrogens is 285 g/mol. The second-order valence-electron chi connectivity index (χ2n) is 5.26. The van der Waals surface area contributed by atoms with Crippen molar-refractivity contribution in [2.75, 3.05) is 5.32 Å². The first-order valence-corrected chi connectivity index (χ1v) is 6.52. The third kappa shape index (κ3) is 6.02. The van der Waals surface area contributed by atoms with E-state index >= 15 is 0 Å². The fourth-order valence-electron chi connectivity index (χ4n) is 1.41. The molecule has 4 nitrogen and oxygen atoms in total. The average Bonchev–Trinajstić information content (AvgIpc) is 2.29. The number of hydrogen-bond acceptors (Lipinski definition) is 3. The van der Waals surface area contributed by atoms with Crippen molar-refractivity contribution in [3.05, 3.63) is 29.0 Å². The van der Waals surface area contributed by atoms with Gasteiger partial charge in [-0.15, -0.1) is 0 Å². The molecule has 0 spiro atoms. The molecule has 0 aliphatic carbocycles. The van der Waals surface area contributed by atoms with Gasteiger partial charge in [-0.25, -0.2) is 4.39 Å². The van der Waals surface area contributed by atoms with Crippen molar-refractivity contribution < 1.29 is 18.7 Å². The molecule has 6 heteroatoms. The van der Waals surface area contributed by atoms with Gasteiger partial charge in [0.15, 0.2) is 0 Å². The first-order chi connectivity index (χ1) is 9.17. The van der Waals surface area contributed by atoms with Gasteiger partial charge in [0.2, 0.25) is 5.91 Å². The maximum Gasteiger partial charge on any atom is 0.306 e. The second kappa shape index (κ2) is 6.70. The monoisotopic (exact) mass is 301 g/mol. The molecule has 0 aliphatic rings. The quantitative estimate of drug-likeness (QED) is 0.865. The van der Waals surface area contributed by atoms with Crippen LogP contribution in [0.5, 0.6) is 0 Å². The number of ether oxygens (including phenoxy) is 1. The molecule has 1 amide bonds. The predicted molar refractivity (Wildman–Crippen MR) is 75.1 cm³/mol. The number of rotatable bonds is 4. The molecule has 20 heavy (non-hydrogen) atoms. The minimum Gasteiger partial charge on any atom is -0.460 e. The van der Waals surface area contributed by atoms with Crippen LogP contribution in [-0.2, 0) is 14.3 Å². The molecule has 0 atom stereocenters. The number of amides is 1. The van der Waals surface area contributed by atoms with Crippen LogP contribution >= 0.6 is 11.6 Å². The smallest absolute Gasteiger partial charge is 0.306 e. The molecule has 0 unspecified atom stereocenters. The van der Waals surface area contributed by atoms with Gasteiger partial charge in [-0.2, -0.15) is 0 Å². The molecule has 1 N–H and O–H groups in total. The molecule has 1 rings (SSSR count). The Morgan fingerprint density at radius 3 is 2.50 bits per heavy atom. The maximum absolute atomic E-state index is 12.9.